The first-order chi connectivity index (χ1) is 15.9. The fourth-order valence-corrected chi connectivity index (χ4v) is 4.34. The predicted octanol–water partition coefficient (Wildman–Crippen LogP) is 4.78. The molecule has 0 atom stereocenters. The number of aryl methyl sites for hydroxylation is 2. The highest BCUT2D eigenvalue weighted by molar-refractivity contribution is 7.81. The van der Waals surface area contributed by atoms with Gasteiger partial charge in [0, 0.05) is 0 Å². The summed E-state index contributed by atoms with van der Waals surface area (Å²) in [7, 11) is 0. The SMILES string of the molecule is Cc1ccc(N2C(=O)/C(=C/c3ccc4c(c3)OCO4)C(=O)N(c3ccccc3)C2=S)c(C)c1. The molecule has 0 radical (unpaired) electrons. The second-order valence-corrected chi connectivity index (χ2v) is 8.23. The maximum Gasteiger partial charge on any atom is 0.270 e. The van der Waals surface area contributed by atoms with E-state index in [1.807, 2.05) is 50.2 Å². The van der Waals surface area contributed by atoms with Gasteiger partial charge in [-0.15, -0.1) is 0 Å². The summed E-state index contributed by atoms with van der Waals surface area (Å²) in [5, 5.41) is 0.117. The summed E-state index contributed by atoms with van der Waals surface area (Å²) >= 11 is 5.69. The van der Waals surface area contributed by atoms with Crippen LogP contribution >= 0.6 is 12.2 Å². The highest BCUT2D eigenvalue weighted by Crippen LogP contribution is 2.35. The van der Waals surface area contributed by atoms with Gasteiger partial charge in [0.1, 0.15) is 5.57 Å². The van der Waals surface area contributed by atoms with Gasteiger partial charge in [0.15, 0.2) is 16.6 Å². The van der Waals surface area contributed by atoms with E-state index in [2.05, 4.69) is 0 Å². The number of amides is 2. The molecule has 0 saturated carbocycles. The Labute approximate surface area is 196 Å². The Morgan fingerprint density at radius 1 is 0.848 bits per heavy atom. The number of fused-ring (bicyclic) bond motifs is 1. The molecule has 2 heterocycles. The first-order valence-corrected chi connectivity index (χ1v) is 10.8. The molecule has 0 N–H and O–H groups in total. The minimum atomic E-state index is -0.477. The number of para-hydroxylation sites is 1. The first-order valence-electron chi connectivity index (χ1n) is 10.4. The molecule has 164 valence electrons. The van der Waals surface area contributed by atoms with Crippen molar-refractivity contribution in [2.24, 2.45) is 0 Å². The van der Waals surface area contributed by atoms with Gasteiger partial charge in [-0.2, -0.15) is 0 Å². The van der Waals surface area contributed by atoms with Crippen LogP contribution in [0.2, 0.25) is 0 Å². The molecule has 2 amide bonds. The van der Waals surface area contributed by atoms with Gasteiger partial charge in [-0.3, -0.25) is 19.4 Å². The van der Waals surface area contributed by atoms with Gasteiger partial charge in [0.05, 0.1) is 11.4 Å². The number of rotatable bonds is 3. The number of benzene rings is 3. The summed E-state index contributed by atoms with van der Waals surface area (Å²) < 4.78 is 10.8. The van der Waals surface area contributed by atoms with Crippen molar-refractivity contribution in [1.82, 2.24) is 0 Å². The molecule has 5 rings (SSSR count). The summed E-state index contributed by atoms with van der Waals surface area (Å²) in [6, 6.07) is 20.1. The van der Waals surface area contributed by atoms with Crippen molar-refractivity contribution in [2.45, 2.75) is 13.8 Å². The van der Waals surface area contributed by atoms with E-state index in [9.17, 15) is 9.59 Å². The smallest absolute Gasteiger partial charge is 0.270 e. The molecule has 2 aliphatic heterocycles. The van der Waals surface area contributed by atoms with Crippen molar-refractivity contribution in [2.75, 3.05) is 16.6 Å². The number of carbonyl (C=O) groups excluding carboxylic acids is 2. The van der Waals surface area contributed by atoms with Crippen molar-refractivity contribution in [1.29, 1.82) is 0 Å². The zero-order valence-corrected chi connectivity index (χ0v) is 18.9. The fraction of sp³-hybridized carbons (Fsp3) is 0.115. The summed E-state index contributed by atoms with van der Waals surface area (Å²) in [6.45, 7) is 4.05. The molecular weight excluding hydrogens is 436 g/mol. The molecule has 0 unspecified atom stereocenters. The number of hydrogen-bond donors (Lipinski definition) is 0. The molecule has 6 nitrogen and oxygen atoms in total. The normalized spacial score (nSPS) is 16.7. The van der Waals surface area contributed by atoms with E-state index in [4.69, 9.17) is 21.7 Å². The Morgan fingerprint density at radius 3 is 2.33 bits per heavy atom. The molecule has 3 aromatic carbocycles. The summed E-state index contributed by atoms with van der Waals surface area (Å²) in [5.41, 5.74) is 3.84. The quantitative estimate of drug-likeness (QED) is 0.323. The van der Waals surface area contributed by atoms with E-state index in [1.165, 1.54) is 9.80 Å². The number of thiocarbonyl (C=S) groups is 1. The van der Waals surface area contributed by atoms with E-state index in [0.29, 0.717) is 28.4 Å². The largest absolute Gasteiger partial charge is 0.454 e. The van der Waals surface area contributed by atoms with Crippen LogP contribution in [0.15, 0.2) is 72.3 Å². The van der Waals surface area contributed by atoms with Crippen molar-refractivity contribution in [3.8, 4) is 11.5 Å². The second-order valence-electron chi connectivity index (χ2n) is 7.86. The molecular formula is C26H20N2O4S. The van der Waals surface area contributed by atoms with Gasteiger partial charge in [-0.25, -0.2) is 0 Å². The molecule has 1 saturated heterocycles. The fourth-order valence-electron chi connectivity index (χ4n) is 3.97. The molecule has 0 spiro atoms. The summed E-state index contributed by atoms with van der Waals surface area (Å²) in [4.78, 5) is 30.1. The van der Waals surface area contributed by atoms with Gasteiger partial charge >= 0.3 is 0 Å². The molecule has 0 aromatic heterocycles. The lowest BCUT2D eigenvalue weighted by molar-refractivity contribution is -0.120. The van der Waals surface area contributed by atoms with E-state index in [1.54, 1.807) is 36.4 Å². The topological polar surface area (TPSA) is 59.1 Å². The number of hydrogen-bond acceptors (Lipinski definition) is 5. The Bertz CT molecular complexity index is 1330. The van der Waals surface area contributed by atoms with Gasteiger partial charge in [-0.05, 0) is 73.6 Å². The molecule has 0 bridgehead atoms. The Kier molecular flexibility index (Phi) is 5.18. The van der Waals surface area contributed by atoms with E-state index < -0.39 is 11.8 Å². The van der Waals surface area contributed by atoms with Crippen molar-refractivity contribution >= 4 is 46.6 Å². The number of nitrogens with zero attached hydrogens (tertiary/aromatic N) is 2. The Hall–Kier alpha value is -3.97. The van der Waals surface area contributed by atoms with Crippen molar-refractivity contribution in [3.05, 3.63) is 89.0 Å². The Balaban J connectivity index is 1.65. The monoisotopic (exact) mass is 456 g/mol. The maximum atomic E-state index is 13.7. The predicted molar refractivity (Wildman–Crippen MR) is 130 cm³/mol. The number of anilines is 2. The van der Waals surface area contributed by atoms with Crippen LogP contribution in [0.4, 0.5) is 11.4 Å². The maximum absolute atomic E-state index is 13.7. The zero-order chi connectivity index (χ0) is 23.1. The van der Waals surface area contributed by atoms with Crippen LogP contribution in [0.3, 0.4) is 0 Å². The number of carbonyl (C=O) groups is 2. The minimum Gasteiger partial charge on any atom is -0.454 e. The highest BCUT2D eigenvalue weighted by atomic mass is 32.1. The molecule has 2 aliphatic rings. The van der Waals surface area contributed by atoms with Crippen LogP contribution in [-0.4, -0.2) is 23.7 Å². The van der Waals surface area contributed by atoms with Crippen LogP contribution in [-0.2, 0) is 9.59 Å². The van der Waals surface area contributed by atoms with Gasteiger partial charge in [-0.1, -0.05) is 42.0 Å². The number of ether oxygens (including phenoxy) is 2. The lowest BCUT2D eigenvalue weighted by Gasteiger charge is -2.37. The molecule has 7 heteroatoms. The van der Waals surface area contributed by atoms with Crippen molar-refractivity contribution in [3.63, 3.8) is 0 Å². The molecule has 0 aliphatic carbocycles. The third-order valence-corrected chi connectivity index (χ3v) is 5.93. The van der Waals surface area contributed by atoms with Crippen LogP contribution < -0.4 is 19.3 Å². The minimum absolute atomic E-state index is 0.00583. The highest BCUT2D eigenvalue weighted by Gasteiger charge is 2.41. The van der Waals surface area contributed by atoms with Gasteiger partial charge in [0.2, 0.25) is 6.79 Å². The third kappa shape index (κ3) is 3.66. The van der Waals surface area contributed by atoms with Crippen LogP contribution in [0.5, 0.6) is 11.5 Å². The third-order valence-electron chi connectivity index (χ3n) is 5.56. The average molecular weight is 457 g/mol. The standard InChI is InChI=1S/C26H20N2O4S/c1-16-8-10-21(17(2)12-16)28-25(30)20(13-18-9-11-22-23(14-18)32-15-31-22)24(29)27(26(28)33)19-6-4-3-5-7-19/h3-14H,15H2,1-2H3/b20-13+. The molecule has 3 aromatic rings. The van der Waals surface area contributed by atoms with Crippen LogP contribution in [0.1, 0.15) is 16.7 Å². The zero-order valence-electron chi connectivity index (χ0n) is 18.1. The van der Waals surface area contributed by atoms with Crippen LogP contribution in [0.25, 0.3) is 6.08 Å². The van der Waals surface area contributed by atoms with Crippen molar-refractivity contribution < 1.29 is 19.1 Å². The van der Waals surface area contributed by atoms with Crippen LogP contribution in [0, 0.1) is 13.8 Å². The Morgan fingerprint density at radius 2 is 1.58 bits per heavy atom. The summed E-state index contributed by atoms with van der Waals surface area (Å²) in [6.07, 6.45) is 1.57. The van der Waals surface area contributed by atoms with Gasteiger partial charge < -0.3 is 9.47 Å². The average Bonchev–Trinajstić information content (AvgIpc) is 3.27. The van der Waals surface area contributed by atoms with E-state index in [-0.39, 0.29) is 17.5 Å². The molecule has 1 fully saturated rings. The lowest BCUT2D eigenvalue weighted by Crippen LogP contribution is -2.57. The molecule has 33 heavy (non-hydrogen) atoms. The van der Waals surface area contributed by atoms with E-state index >= 15 is 0 Å². The summed E-state index contributed by atoms with van der Waals surface area (Å²) in [5.74, 6) is 0.251. The van der Waals surface area contributed by atoms with E-state index in [0.717, 1.165) is 11.1 Å². The lowest BCUT2D eigenvalue weighted by atomic mass is 10.0. The second kappa shape index (κ2) is 8.18. The first kappa shape index (κ1) is 20.9. The van der Waals surface area contributed by atoms with Gasteiger partial charge in [0.25, 0.3) is 11.8 Å².